The van der Waals surface area contributed by atoms with E-state index in [1.807, 2.05) is 59.4 Å². The lowest BCUT2D eigenvalue weighted by atomic mass is 10.0. The van der Waals surface area contributed by atoms with Gasteiger partial charge in [0.25, 0.3) is 0 Å². The molecule has 0 radical (unpaired) electrons. The summed E-state index contributed by atoms with van der Waals surface area (Å²) < 4.78 is 7.00. The molecule has 3 aromatic carbocycles. The number of carbonyl (C=O) groups excluding carboxylic acids is 1. The first-order valence-corrected chi connectivity index (χ1v) is 9.72. The lowest BCUT2D eigenvalue weighted by Crippen LogP contribution is -1.94. The molecular weight excluding hydrogens is 372 g/mol. The van der Waals surface area contributed by atoms with E-state index < -0.39 is 0 Å². The largest absolute Gasteiger partial charge is 0.497 e. The summed E-state index contributed by atoms with van der Waals surface area (Å²) in [7, 11) is 1.61. The van der Waals surface area contributed by atoms with Gasteiger partial charge in [-0.2, -0.15) is 5.10 Å². The van der Waals surface area contributed by atoms with Crippen molar-refractivity contribution in [2.45, 2.75) is 6.92 Å². The van der Waals surface area contributed by atoms with E-state index in [0.29, 0.717) is 5.56 Å². The second-order valence-corrected chi connectivity index (χ2v) is 7.01. The van der Waals surface area contributed by atoms with E-state index in [1.165, 1.54) is 0 Å². The molecule has 0 N–H and O–H groups in total. The van der Waals surface area contributed by atoms with Gasteiger partial charge in [0.05, 0.1) is 18.5 Å². The van der Waals surface area contributed by atoms with Crippen LogP contribution in [0, 0.1) is 6.92 Å². The van der Waals surface area contributed by atoms with Gasteiger partial charge in [0, 0.05) is 22.9 Å². The first-order chi connectivity index (χ1) is 14.6. The quantitative estimate of drug-likeness (QED) is 0.309. The summed E-state index contributed by atoms with van der Waals surface area (Å²) in [5, 5.41) is 4.80. The van der Waals surface area contributed by atoms with Crippen molar-refractivity contribution >= 4 is 11.9 Å². The summed E-state index contributed by atoms with van der Waals surface area (Å²) in [6.07, 6.45) is 5.37. The Morgan fingerprint density at radius 3 is 2.43 bits per heavy atom. The fraction of sp³-hybridized carbons (Fsp3) is 0.0769. The second-order valence-electron chi connectivity index (χ2n) is 7.01. The van der Waals surface area contributed by atoms with Crippen molar-refractivity contribution in [3.8, 4) is 22.7 Å². The third kappa shape index (κ3) is 4.23. The number of ether oxygens (including phenoxy) is 1. The number of nitrogens with zero attached hydrogens (tertiary/aromatic N) is 2. The Morgan fingerprint density at radius 2 is 1.73 bits per heavy atom. The zero-order valence-electron chi connectivity index (χ0n) is 16.9. The van der Waals surface area contributed by atoms with E-state index in [4.69, 9.17) is 9.84 Å². The van der Waals surface area contributed by atoms with E-state index in [0.717, 1.165) is 33.8 Å². The smallest absolute Gasteiger partial charge is 0.185 e. The first kappa shape index (κ1) is 19.4. The zero-order chi connectivity index (χ0) is 20.9. The number of ketones is 1. The van der Waals surface area contributed by atoms with Gasteiger partial charge in [-0.25, -0.2) is 4.68 Å². The Balaban J connectivity index is 1.71. The summed E-state index contributed by atoms with van der Waals surface area (Å²) >= 11 is 0. The van der Waals surface area contributed by atoms with Crippen LogP contribution in [-0.2, 0) is 0 Å². The monoisotopic (exact) mass is 394 g/mol. The van der Waals surface area contributed by atoms with E-state index in [2.05, 4.69) is 19.1 Å². The lowest BCUT2D eigenvalue weighted by Gasteiger charge is -2.02. The van der Waals surface area contributed by atoms with Gasteiger partial charge in [0.2, 0.25) is 0 Å². The van der Waals surface area contributed by atoms with Gasteiger partial charge in [-0.05, 0) is 61.5 Å². The normalized spacial score (nSPS) is 11.0. The second kappa shape index (κ2) is 8.62. The Morgan fingerprint density at radius 1 is 0.967 bits per heavy atom. The van der Waals surface area contributed by atoms with Crippen LogP contribution in [0.1, 0.15) is 21.5 Å². The Hall–Kier alpha value is -3.92. The molecule has 0 aliphatic heterocycles. The highest BCUT2D eigenvalue weighted by molar-refractivity contribution is 6.07. The van der Waals surface area contributed by atoms with Gasteiger partial charge in [0.15, 0.2) is 5.78 Å². The molecule has 0 saturated heterocycles. The molecule has 0 aliphatic carbocycles. The molecule has 4 aromatic rings. The molecule has 148 valence electrons. The van der Waals surface area contributed by atoms with Crippen molar-refractivity contribution in [1.82, 2.24) is 9.78 Å². The minimum atomic E-state index is -0.0692. The fourth-order valence-corrected chi connectivity index (χ4v) is 3.26. The number of hydrogen-bond donors (Lipinski definition) is 0. The Kier molecular flexibility index (Phi) is 5.57. The summed E-state index contributed by atoms with van der Waals surface area (Å²) in [6.45, 7) is 2.06. The Bertz CT molecular complexity index is 1190. The standard InChI is InChI=1S/C26H22N2O2/c1-19-7-6-8-21(17-19)26-22(18-28(27-26)23-9-4-3-5-10-23)13-16-25(29)20-11-14-24(30-2)15-12-20/h3-18H,1-2H3/b16-13+. The number of para-hydroxylation sites is 1. The molecule has 0 bridgehead atoms. The van der Waals surface area contributed by atoms with E-state index in [1.54, 1.807) is 37.5 Å². The van der Waals surface area contributed by atoms with Gasteiger partial charge >= 0.3 is 0 Å². The van der Waals surface area contributed by atoms with Gasteiger partial charge in [-0.15, -0.1) is 0 Å². The summed E-state index contributed by atoms with van der Waals surface area (Å²) in [6, 6.07) is 25.2. The zero-order valence-corrected chi connectivity index (χ0v) is 16.9. The maximum absolute atomic E-state index is 12.6. The predicted octanol–water partition coefficient (Wildman–Crippen LogP) is 5.75. The number of aromatic nitrogens is 2. The first-order valence-electron chi connectivity index (χ1n) is 9.72. The van der Waals surface area contributed by atoms with Crippen molar-refractivity contribution in [3.05, 3.63) is 108 Å². The van der Waals surface area contributed by atoms with Crippen molar-refractivity contribution in [1.29, 1.82) is 0 Å². The van der Waals surface area contributed by atoms with Crippen LogP contribution in [0.5, 0.6) is 5.75 Å². The number of aryl methyl sites for hydroxylation is 1. The van der Waals surface area contributed by atoms with Crippen molar-refractivity contribution in [3.63, 3.8) is 0 Å². The van der Waals surface area contributed by atoms with Crippen molar-refractivity contribution in [2.24, 2.45) is 0 Å². The lowest BCUT2D eigenvalue weighted by molar-refractivity contribution is 0.104. The molecule has 4 nitrogen and oxygen atoms in total. The molecule has 0 amide bonds. The average Bonchev–Trinajstić information content (AvgIpc) is 3.22. The molecule has 0 spiro atoms. The van der Waals surface area contributed by atoms with Crippen LogP contribution in [0.4, 0.5) is 0 Å². The summed E-state index contributed by atoms with van der Waals surface area (Å²) in [5.41, 5.74) is 5.46. The van der Waals surface area contributed by atoms with E-state index in [-0.39, 0.29) is 5.78 Å². The minimum absolute atomic E-state index is 0.0692. The molecule has 0 unspecified atom stereocenters. The van der Waals surface area contributed by atoms with Crippen LogP contribution in [0.15, 0.2) is 91.1 Å². The van der Waals surface area contributed by atoms with Crippen LogP contribution in [0.2, 0.25) is 0 Å². The van der Waals surface area contributed by atoms with Crippen LogP contribution in [0.3, 0.4) is 0 Å². The number of rotatable bonds is 6. The molecule has 0 aliphatic rings. The molecule has 0 atom stereocenters. The van der Waals surface area contributed by atoms with Crippen LogP contribution in [0.25, 0.3) is 23.0 Å². The topological polar surface area (TPSA) is 44.1 Å². The highest BCUT2D eigenvalue weighted by atomic mass is 16.5. The van der Waals surface area contributed by atoms with E-state index >= 15 is 0 Å². The number of benzene rings is 3. The molecular formula is C26H22N2O2. The molecule has 4 rings (SSSR count). The highest BCUT2D eigenvalue weighted by Gasteiger charge is 2.11. The van der Waals surface area contributed by atoms with Crippen LogP contribution >= 0.6 is 0 Å². The molecule has 1 aromatic heterocycles. The highest BCUT2D eigenvalue weighted by Crippen LogP contribution is 2.26. The maximum Gasteiger partial charge on any atom is 0.185 e. The molecule has 30 heavy (non-hydrogen) atoms. The number of methoxy groups -OCH3 is 1. The molecule has 0 saturated carbocycles. The predicted molar refractivity (Wildman–Crippen MR) is 120 cm³/mol. The number of carbonyl (C=O) groups is 1. The Labute approximate surface area is 176 Å². The average molecular weight is 394 g/mol. The molecule has 0 fully saturated rings. The number of allylic oxidation sites excluding steroid dienone is 1. The maximum atomic E-state index is 12.6. The number of hydrogen-bond acceptors (Lipinski definition) is 3. The molecule has 1 heterocycles. The fourth-order valence-electron chi connectivity index (χ4n) is 3.26. The SMILES string of the molecule is COc1ccc(C(=O)/C=C/c2cn(-c3ccccc3)nc2-c2cccc(C)c2)cc1. The van der Waals surface area contributed by atoms with Gasteiger partial charge < -0.3 is 4.74 Å². The van der Waals surface area contributed by atoms with Crippen LogP contribution in [-0.4, -0.2) is 22.7 Å². The third-order valence-electron chi connectivity index (χ3n) is 4.84. The summed E-state index contributed by atoms with van der Waals surface area (Å²) in [4.78, 5) is 12.6. The van der Waals surface area contributed by atoms with Gasteiger partial charge in [-0.1, -0.05) is 42.0 Å². The van der Waals surface area contributed by atoms with Gasteiger partial charge in [-0.3, -0.25) is 4.79 Å². The minimum Gasteiger partial charge on any atom is -0.497 e. The van der Waals surface area contributed by atoms with Crippen molar-refractivity contribution < 1.29 is 9.53 Å². The molecule has 4 heteroatoms. The van der Waals surface area contributed by atoms with E-state index in [9.17, 15) is 4.79 Å². The van der Waals surface area contributed by atoms with Crippen molar-refractivity contribution in [2.75, 3.05) is 7.11 Å². The third-order valence-corrected chi connectivity index (χ3v) is 4.84. The van der Waals surface area contributed by atoms with Gasteiger partial charge in [0.1, 0.15) is 5.75 Å². The summed E-state index contributed by atoms with van der Waals surface area (Å²) in [5.74, 6) is 0.654. The van der Waals surface area contributed by atoms with Crippen LogP contribution < -0.4 is 4.74 Å².